The molecule has 2 rings (SSSR count). The van der Waals surface area contributed by atoms with Gasteiger partial charge in [-0.1, -0.05) is 11.3 Å². The van der Waals surface area contributed by atoms with E-state index in [1.54, 1.807) is 13.2 Å². The fraction of sp³-hybridized carbons (Fsp3) is 0.333. The van der Waals surface area contributed by atoms with Crippen LogP contribution in [-0.4, -0.2) is 26.2 Å². The molecule has 2 aromatic rings. The first-order valence-corrected chi connectivity index (χ1v) is 5.52. The second-order valence-electron chi connectivity index (χ2n) is 4.15. The Morgan fingerprint density at radius 1 is 1.28 bits per heavy atom. The van der Waals surface area contributed by atoms with Crippen LogP contribution in [0.2, 0.25) is 0 Å². The molecule has 1 heterocycles. The maximum Gasteiger partial charge on any atom is 0.129 e. The first-order chi connectivity index (χ1) is 8.56. The van der Waals surface area contributed by atoms with E-state index in [-0.39, 0.29) is 18.4 Å². The van der Waals surface area contributed by atoms with Crippen molar-refractivity contribution in [3.05, 3.63) is 47.3 Å². The first-order valence-electron chi connectivity index (χ1n) is 5.52. The summed E-state index contributed by atoms with van der Waals surface area (Å²) in [4.78, 5) is 0. The van der Waals surface area contributed by atoms with Crippen molar-refractivity contribution in [3.63, 3.8) is 0 Å². The van der Waals surface area contributed by atoms with Gasteiger partial charge < -0.3 is 5.11 Å². The van der Waals surface area contributed by atoms with Gasteiger partial charge in [0.05, 0.1) is 11.8 Å². The SMILES string of the molecule is Cn1cc(CC(O)Cc2c(F)cccc2F)nn1. The zero-order valence-electron chi connectivity index (χ0n) is 9.85. The summed E-state index contributed by atoms with van der Waals surface area (Å²) in [6.45, 7) is 0. The van der Waals surface area contributed by atoms with E-state index in [2.05, 4.69) is 10.3 Å². The van der Waals surface area contributed by atoms with Gasteiger partial charge in [-0.05, 0) is 12.1 Å². The Hall–Kier alpha value is -1.82. The fourth-order valence-corrected chi connectivity index (χ4v) is 1.77. The number of hydrogen-bond acceptors (Lipinski definition) is 3. The molecule has 0 bridgehead atoms. The van der Waals surface area contributed by atoms with Crippen LogP contribution < -0.4 is 0 Å². The lowest BCUT2D eigenvalue weighted by atomic mass is 10.0. The third-order valence-corrected chi connectivity index (χ3v) is 2.60. The Kier molecular flexibility index (Phi) is 3.66. The molecule has 18 heavy (non-hydrogen) atoms. The van der Waals surface area contributed by atoms with Crippen LogP contribution in [-0.2, 0) is 19.9 Å². The first kappa shape index (κ1) is 12.6. The van der Waals surface area contributed by atoms with E-state index in [1.807, 2.05) is 0 Å². The number of hydrogen-bond donors (Lipinski definition) is 1. The number of aliphatic hydroxyl groups excluding tert-OH is 1. The number of aromatic nitrogens is 3. The molecule has 6 heteroatoms. The highest BCUT2D eigenvalue weighted by atomic mass is 19.1. The van der Waals surface area contributed by atoms with Crippen LogP contribution in [0.4, 0.5) is 8.78 Å². The number of halogens is 2. The molecule has 1 aromatic carbocycles. The van der Waals surface area contributed by atoms with Crippen molar-refractivity contribution in [1.82, 2.24) is 15.0 Å². The number of nitrogens with zero attached hydrogens (tertiary/aromatic N) is 3. The summed E-state index contributed by atoms with van der Waals surface area (Å²) < 4.78 is 28.2. The molecule has 1 aromatic heterocycles. The van der Waals surface area contributed by atoms with E-state index in [1.165, 1.54) is 22.9 Å². The molecular formula is C12H13F2N3O. The van der Waals surface area contributed by atoms with Crippen LogP contribution in [0.25, 0.3) is 0 Å². The van der Waals surface area contributed by atoms with Crippen LogP contribution >= 0.6 is 0 Å². The van der Waals surface area contributed by atoms with Crippen LogP contribution in [0.5, 0.6) is 0 Å². The summed E-state index contributed by atoms with van der Waals surface area (Å²) in [7, 11) is 1.71. The minimum absolute atomic E-state index is 0.0882. The maximum absolute atomic E-state index is 13.4. The van der Waals surface area contributed by atoms with Crippen molar-refractivity contribution < 1.29 is 13.9 Å². The van der Waals surface area contributed by atoms with Gasteiger partial charge in [0.1, 0.15) is 11.6 Å². The summed E-state index contributed by atoms with van der Waals surface area (Å²) in [6.07, 6.45) is 0.880. The van der Waals surface area contributed by atoms with Crippen LogP contribution in [0, 0.1) is 11.6 Å². The largest absolute Gasteiger partial charge is 0.392 e. The number of benzene rings is 1. The highest BCUT2D eigenvalue weighted by Gasteiger charge is 2.15. The fourth-order valence-electron chi connectivity index (χ4n) is 1.77. The van der Waals surface area contributed by atoms with Crippen LogP contribution in [0.3, 0.4) is 0 Å². The predicted octanol–water partition coefficient (Wildman–Crippen LogP) is 1.24. The standard InChI is InChI=1S/C12H13F2N3O/c1-17-7-8(15-16-17)5-9(18)6-10-11(13)3-2-4-12(10)14/h2-4,7,9,18H,5-6H2,1H3. The van der Waals surface area contributed by atoms with Gasteiger partial charge in [-0.2, -0.15) is 0 Å². The van der Waals surface area contributed by atoms with Crippen molar-refractivity contribution in [2.45, 2.75) is 18.9 Å². The zero-order valence-corrected chi connectivity index (χ0v) is 9.85. The second kappa shape index (κ2) is 5.22. The predicted molar refractivity (Wildman–Crippen MR) is 60.8 cm³/mol. The molecular weight excluding hydrogens is 240 g/mol. The summed E-state index contributed by atoms with van der Waals surface area (Å²) >= 11 is 0. The lowest BCUT2D eigenvalue weighted by Crippen LogP contribution is -2.16. The molecule has 0 amide bonds. The van der Waals surface area contributed by atoms with Gasteiger partial charge in [-0.25, -0.2) is 8.78 Å². The normalized spacial score (nSPS) is 12.7. The molecule has 0 spiro atoms. The van der Waals surface area contributed by atoms with Gasteiger partial charge >= 0.3 is 0 Å². The number of aliphatic hydroxyl groups is 1. The summed E-state index contributed by atoms with van der Waals surface area (Å²) in [5.74, 6) is -1.29. The Morgan fingerprint density at radius 3 is 2.50 bits per heavy atom. The van der Waals surface area contributed by atoms with Gasteiger partial charge in [-0.3, -0.25) is 4.68 Å². The number of aryl methyl sites for hydroxylation is 1. The van der Waals surface area contributed by atoms with Crippen molar-refractivity contribution in [2.24, 2.45) is 7.05 Å². The van der Waals surface area contributed by atoms with E-state index >= 15 is 0 Å². The monoisotopic (exact) mass is 253 g/mol. The van der Waals surface area contributed by atoms with Crippen LogP contribution in [0.15, 0.2) is 24.4 Å². The molecule has 1 N–H and O–H groups in total. The van der Waals surface area contributed by atoms with Crippen molar-refractivity contribution in [2.75, 3.05) is 0 Å². The Morgan fingerprint density at radius 2 is 1.94 bits per heavy atom. The minimum atomic E-state index is -0.895. The van der Waals surface area contributed by atoms with Gasteiger partial charge in [0, 0.05) is 31.6 Å². The Balaban J connectivity index is 2.05. The average molecular weight is 253 g/mol. The summed E-state index contributed by atoms with van der Waals surface area (Å²) in [5, 5.41) is 17.3. The quantitative estimate of drug-likeness (QED) is 0.892. The smallest absolute Gasteiger partial charge is 0.129 e. The molecule has 4 nitrogen and oxygen atoms in total. The molecule has 96 valence electrons. The molecule has 1 atom stereocenters. The highest BCUT2D eigenvalue weighted by Crippen LogP contribution is 2.15. The van der Waals surface area contributed by atoms with Gasteiger partial charge in [0.25, 0.3) is 0 Å². The highest BCUT2D eigenvalue weighted by molar-refractivity contribution is 5.20. The topological polar surface area (TPSA) is 50.9 Å². The lowest BCUT2D eigenvalue weighted by Gasteiger charge is -2.10. The summed E-state index contributed by atoms with van der Waals surface area (Å²) in [5.41, 5.74) is 0.482. The van der Waals surface area contributed by atoms with E-state index in [4.69, 9.17) is 0 Å². The lowest BCUT2D eigenvalue weighted by molar-refractivity contribution is 0.171. The van der Waals surface area contributed by atoms with Gasteiger partial charge in [0.15, 0.2) is 0 Å². The third-order valence-electron chi connectivity index (χ3n) is 2.60. The van der Waals surface area contributed by atoms with E-state index in [0.29, 0.717) is 5.69 Å². The molecule has 0 aliphatic heterocycles. The Bertz CT molecular complexity index is 522. The Labute approximate surface area is 103 Å². The van der Waals surface area contributed by atoms with Crippen LogP contribution in [0.1, 0.15) is 11.3 Å². The number of rotatable bonds is 4. The molecule has 0 radical (unpaired) electrons. The molecule has 1 unspecified atom stereocenters. The van der Waals surface area contributed by atoms with E-state index in [0.717, 1.165) is 0 Å². The van der Waals surface area contributed by atoms with E-state index < -0.39 is 17.7 Å². The van der Waals surface area contributed by atoms with Crippen molar-refractivity contribution >= 4 is 0 Å². The zero-order chi connectivity index (χ0) is 13.1. The maximum atomic E-state index is 13.4. The third kappa shape index (κ3) is 2.89. The van der Waals surface area contributed by atoms with Crippen molar-refractivity contribution in [1.29, 1.82) is 0 Å². The minimum Gasteiger partial charge on any atom is -0.392 e. The summed E-state index contributed by atoms with van der Waals surface area (Å²) in [6, 6.07) is 3.64. The molecule has 0 saturated heterocycles. The van der Waals surface area contributed by atoms with E-state index in [9.17, 15) is 13.9 Å². The second-order valence-corrected chi connectivity index (χ2v) is 4.15. The molecule has 0 aliphatic rings. The van der Waals surface area contributed by atoms with Gasteiger partial charge in [-0.15, -0.1) is 5.10 Å². The van der Waals surface area contributed by atoms with Crippen molar-refractivity contribution in [3.8, 4) is 0 Å². The molecule has 0 fully saturated rings. The van der Waals surface area contributed by atoms with Gasteiger partial charge in [0.2, 0.25) is 0 Å². The average Bonchev–Trinajstić information content (AvgIpc) is 2.69. The molecule has 0 aliphatic carbocycles. The molecule has 0 saturated carbocycles.